The summed E-state index contributed by atoms with van der Waals surface area (Å²) >= 11 is 0. The zero-order chi connectivity index (χ0) is 13.8. The molecule has 1 aliphatic heterocycles. The fraction of sp³-hybridized carbons (Fsp3) is 0.429. The number of amides is 1. The monoisotopic (exact) mass is 262 g/mol. The highest BCUT2D eigenvalue weighted by Crippen LogP contribution is 2.18. The lowest BCUT2D eigenvalue weighted by atomic mass is 10.2. The number of carbonyl (C=O) groups excluding carboxylic acids is 1. The van der Waals surface area contributed by atoms with Crippen LogP contribution in [0.15, 0.2) is 30.3 Å². The highest BCUT2D eigenvalue weighted by molar-refractivity contribution is 5.94. The molecule has 1 aromatic rings. The Balaban J connectivity index is 1.99. The van der Waals surface area contributed by atoms with Crippen molar-refractivity contribution in [2.75, 3.05) is 25.0 Å². The maximum Gasteiger partial charge on any atom is 0.320 e. The number of carboxylic acid groups (broad SMARTS) is 1. The van der Waals surface area contributed by atoms with Crippen LogP contribution in [0.5, 0.6) is 0 Å². The van der Waals surface area contributed by atoms with E-state index in [0.29, 0.717) is 13.0 Å². The van der Waals surface area contributed by atoms with E-state index in [1.165, 1.54) is 0 Å². The Hall–Kier alpha value is -1.88. The number of benzene rings is 1. The Kier molecular flexibility index (Phi) is 4.16. The summed E-state index contributed by atoms with van der Waals surface area (Å²) in [5, 5.41) is 9.09. The average Bonchev–Trinajstić information content (AvgIpc) is 2.87. The Bertz CT molecular complexity index is 461. The molecular formula is C14H18N2O3. The van der Waals surface area contributed by atoms with Crippen LogP contribution in [-0.2, 0) is 9.59 Å². The summed E-state index contributed by atoms with van der Waals surface area (Å²) in [6.45, 7) is 0.827. The van der Waals surface area contributed by atoms with E-state index < -0.39 is 12.0 Å². The highest BCUT2D eigenvalue weighted by atomic mass is 16.4. The third-order valence-corrected chi connectivity index (χ3v) is 3.50. The van der Waals surface area contributed by atoms with E-state index in [2.05, 4.69) is 0 Å². The van der Waals surface area contributed by atoms with E-state index in [0.717, 1.165) is 12.1 Å². The van der Waals surface area contributed by atoms with Crippen molar-refractivity contribution in [1.29, 1.82) is 0 Å². The van der Waals surface area contributed by atoms with Crippen molar-refractivity contribution in [1.82, 2.24) is 4.90 Å². The number of rotatable bonds is 4. The topological polar surface area (TPSA) is 60.9 Å². The molecule has 1 unspecified atom stereocenters. The number of likely N-dealkylation sites (N-methyl/N-ethyl adjacent to an activating group) is 1. The van der Waals surface area contributed by atoms with Crippen LogP contribution < -0.4 is 4.90 Å². The van der Waals surface area contributed by atoms with Gasteiger partial charge in [0.25, 0.3) is 0 Å². The van der Waals surface area contributed by atoms with Gasteiger partial charge in [0, 0.05) is 12.7 Å². The molecule has 1 fully saturated rings. The van der Waals surface area contributed by atoms with Crippen LogP contribution in [0.2, 0.25) is 0 Å². The third kappa shape index (κ3) is 3.12. The molecule has 102 valence electrons. The van der Waals surface area contributed by atoms with Crippen LogP contribution in [0.25, 0.3) is 0 Å². The van der Waals surface area contributed by atoms with E-state index in [1.807, 2.05) is 30.3 Å². The van der Waals surface area contributed by atoms with Gasteiger partial charge < -0.3 is 10.0 Å². The van der Waals surface area contributed by atoms with Crippen LogP contribution in [-0.4, -0.2) is 48.1 Å². The van der Waals surface area contributed by atoms with Crippen LogP contribution in [0, 0.1) is 0 Å². The Morgan fingerprint density at radius 1 is 1.37 bits per heavy atom. The fourth-order valence-electron chi connectivity index (χ4n) is 2.37. The van der Waals surface area contributed by atoms with Crippen LogP contribution in [0.4, 0.5) is 5.69 Å². The number of likely N-dealkylation sites (tertiary alicyclic amines) is 1. The molecular weight excluding hydrogens is 244 g/mol. The van der Waals surface area contributed by atoms with Gasteiger partial charge in [0.1, 0.15) is 6.04 Å². The normalized spacial score (nSPS) is 19.3. The number of aliphatic carboxylic acids is 1. The van der Waals surface area contributed by atoms with Crippen molar-refractivity contribution in [3.05, 3.63) is 30.3 Å². The lowest BCUT2D eigenvalue weighted by Gasteiger charge is -2.24. The minimum Gasteiger partial charge on any atom is -0.480 e. The van der Waals surface area contributed by atoms with Crippen molar-refractivity contribution in [3.63, 3.8) is 0 Å². The van der Waals surface area contributed by atoms with Gasteiger partial charge in [-0.05, 0) is 31.5 Å². The molecule has 1 amide bonds. The highest BCUT2D eigenvalue weighted by Gasteiger charge is 2.32. The zero-order valence-electron chi connectivity index (χ0n) is 11.0. The Morgan fingerprint density at radius 2 is 2.05 bits per heavy atom. The van der Waals surface area contributed by atoms with Crippen molar-refractivity contribution in [2.45, 2.75) is 18.9 Å². The number of hydrogen-bond acceptors (Lipinski definition) is 3. The summed E-state index contributed by atoms with van der Waals surface area (Å²) in [6, 6.07) is 8.83. The first-order valence-corrected chi connectivity index (χ1v) is 6.38. The van der Waals surface area contributed by atoms with Gasteiger partial charge in [-0.2, -0.15) is 0 Å². The summed E-state index contributed by atoms with van der Waals surface area (Å²) in [5.74, 6) is -0.924. The number of hydrogen-bond donors (Lipinski definition) is 1. The second-order valence-corrected chi connectivity index (χ2v) is 4.76. The average molecular weight is 262 g/mol. The summed E-state index contributed by atoms with van der Waals surface area (Å²) in [4.78, 5) is 26.5. The molecule has 0 spiro atoms. The zero-order valence-corrected chi connectivity index (χ0v) is 11.0. The molecule has 1 heterocycles. The SMILES string of the molecule is CN(C(=O)CN1CCCC1C(=O)O)c1ccccc1. The lowest BCUT2D eigenvalue weighted by Crippen LogP contribution is -2.43. The number of anilines is 1. The first-order chi connectivity index (χ1) is 9.09. The first-order valence-electron chi connectivity index (χ1n) is 6.38. The maximum absolute atomic E-state index is 12.2. The minimum absolute atomic E-state index is 0.0839. The summed E-state index contributed by atoms with van der Waals surface area (Å²) in [7, 11) is 1.71. The molecule has 1 atom stereocenters. The molecule has 19 heavy (non-hydrogen) atoms. The minimum atomic E-state index is -0.840. The van der Waals surface area contributed by atoms with Crippen LogP contribution >= 0.6 is 0 Å². The molecule has 1 N–H and O–H groups in total. The summed E-state index contributed by atoms with van der Waals surface area (Å²) in [6.07, 6.45) is 1.46. The smallest absolute Gasteiger partial charge is 0.320 e. The summed E-state index contributed by atoms with van der Waals surface area (Å²) < 4.78 is 0. The van der Waals surface area contributed by atoms with Crippen molar-refractivity contribution in [2.24, 2.45) is 0 Å². The molecule has 0 aromatic heterocycles. The molecule has 2 rings (SSSR count). The standard InChI is InChI=1S/C14H18N2O3/c1-15(11-6-3-2-4-7-11)13(17)10-16-9-5-8-12(16)14(18)19/h2-4,6-7,12H,5,8-10H2,1H3,(H,18,19). The van der Waals surface area contributed by atoms with Gasteiger partial charge in [-0.15, -0.1) is 0 Å². The van der Waals surface area contributed by atoms with Crippen LogP contribution in [0.3, 0.4) is 0 Å². The third-order valence-electron chi connectivity index (χ3n) is 3.50. The van der Waals surface area contributed by atoms with Crippen molar-refractivity contribution in [3.8, 4) is 0 Å². The number of para-hydroxylation sites is 1. The number of carbonyl (C=O) groups is 2. The van der Waals surface area contributed by atoms with E-state index in [9.17, 15) is 9.59 Å². The van der Waals surface area contributed by atoms with Gasteiger partial charge >= 0.3 is 5.97 Å². The van der Waals surface area contributed by atoms with Gasteiger partial charge in [0.2, 0.25) is 5.91 Å². The van der Waals surface area contributed by atoms with E-state index in [1.54, 1.807) is 16.8 Å². The second-order valence-electron chi connectivity index (χ2n) is 4.76. The quantitative estimate of drug-likeness (QED) is 0.885. The number of nitrogens with zero attached hydrogens (tertiary/aromatic N) is 2. The molecule has 0 radical (unpaired) electrons. The molecule has 1 aliphatic rings. The molecule has 5 nitrogen and oxygen atoms in total. The van der Waals surface area contributed by atoms with Crippen molar-refractivity contribution >= 4 is 17.6 Å². The van der Waals surface area contributed by atoms with Crippen LogP contribution in [0.1, 0.15) is 12.8 Å². The first kappa shape index (κ1) is 13.5. The van der Waals surface area contributed by atoms with E-state index in [4.69, 9.17) is 5.11 Å². The predicted molar refractivity (Wildman–Crippen MR) is 72.1 cm³/mol. The fourth-order valence-corrected chi connectivity index (χ4v) is 2.37. The van der Waals surface area contributed by atoms with E-state index in [-0.39, 0.29) is 12.5 Å². The Labute approximate surface area is 112 Å². The molecule has 5 heteroatoms. The van der Waals surface area contributed by atoms with Gasteiger partial charge in [-0.25, -0.2) is 0 Å². The summed E-state index contributed by atoms with van der Waals surface area (Å²) in [5.41, 5.74) is 0.818. The van der Waals surface area contributed by atoms with E-state index >= 15 is 0 Å². The molecule has 0 aliphatic carbocycles. The molecule has 0 bridgehead atoms. The Morgan fingerprint density at radius 3 is 2.68 bits per heavy atom. The molecule has 1 saturated heterocycles. The van der Waals surface area contributed by atoms with Gasteiger partial charge in [-0.1, -0.05) is 18.2 Å². The van der Waals surface area contributed by atoms with Gasteiger partial charge in [0.05, 0.1) is 6.54 Å². The largest absolute Gasteiger partial charge is 0.480 e. The van der Waals surface area contributed by atoms with Gasteiger partial charge in [-0.3, -0.25) is 14.5 Å². The maximum atomic E-state index is 12.2. The molecule has 1 aromatic carbocycles. The van der Waals surface area contributed by atoms with Gasteiger partial charge in [0.15, 0.2) is 0 Å². The molecule has 0 saturated carbocycles. The second kappa shape index (κ2) is 5.84. The predicted octanol–water partition coefficient (Wildman–Crippen LogP) is 1.20. The lowest BCUT2D eigenvalue weighted by molar-refractivity contribution is -0.142. The van der Waals surface area contributed by atoms with Crippen molar-refractivity contribution < 1.29 is 14.7 Å². The number of carboxylic acids is 1.